The highest BCUT2D eigenvalue weighted by molar-refractivity contribution is 5.93. The predicted molar refractivity (Wildman–Crippen MR) is 88.2 cm³/mol. The summed E-state index contributed by atoms with van der Waals surface area (Å²) in [6, 6.07) is 1.54. The first-order valence-corrected chi connectivity index (χ1v) is 7.99. The number of piperidine rings is 1. The summed E-state index contributed by atoms with van der Waals surface area (Å²) in [5, 5.41) is 0. The van der Waals surface area contributed by atoms with Crippen LogP contribution in [-0.2, 0) is 7.05 Å². The summed E-state index contributed by atoms with van der Waals surface area (Å²) in [6.45, 7) is 4.44. The normalized spacial score (nSPS) is 18.8. The molecule has 0 unspecified atom stereocenters. The topological polar surface area (TPSA) is 45.6 Å². The highest BCUT2D eigenvalue weighted by Gasteiger charge is 2.26. The maximum atomic E-state index is 12.7. The number of rotatable bonds is 4. The number of nitrogens with zero attached hydrogens (tertiary/aromatic N) is 3. The van der Waals surface area contributed by atoms with Crippen LogP contribution in [0.4, 0.5) is 0 Å². The summed E-state index contributed by atoms with van der Waals surface area (Å²) in [5.74, 6) is 0.421. The van der Waals surface area contributed by atoms with Crippen LogP contribution in [0.2, 0.25) is 0 Å². The Labute approximate surface area is 132 Å². The molecule has 0 aliphatic carbocycles. The van der Waals surface area contributed by atoms with Crippen LogP contribution in [0, 0.1) is 12.8 Å². The number of hydrogen-bond donors (Lipinski definition) is 0. The first kappa shape index (κ1) is 16.7. The number of amides is 1. The Morgan fingerprint density at radius 1 is 1.41 bits per heavy atom. The highest BCUT2D eigenvalue weighted by Crippen LogP contribution is 2.21. The molecule has 2 rings (SSSR count). The fraction of sp³-hybridized carbons (Fsp3) is 0.647. The van der Waals surface area contributed by atoms with E-state index < -0.39 is 0 Å². The van der Waals surface area contributed by atoms with Gasteiger partial charge in [-0.1, -0.05) is 0 Å². The molecule has 0 N–H and O–H groups in total. The molecule has 0 saturated carbocycles. The number of hydrogen-bond acceptors (Lipinski definition) is 3. The predicted octanol–water partition coefficient (Wildman–Crippen LogP) is 1.50. The first-order chi connectivity index (χ1) is 10.4. The number of carbonyl (C=O) groups excluding carboxylic acids is 1. The van der Waals surface area contributed by atoms with Crippen LogP contribution in [0.1, 0.15) is 35.3 Å². The molecule has 1 aliphatic heterocycles. The molecule has 1 amide bonds. The van der Waals surface area contributed by atoms with E-state index in [4.69, 9.17) is 0 Å². The molecule has 0 bridgehead atoms. The van der Waals surface area contributed by atoms with Crippen molar-refractivity contribution in [1.82, 2.24) is 14.4 Å². The molecule has 0 radical (unpaired) electrons. The number of pyridine rings is 1. The lowest BCUT2D eigenvalue weighted by atomic mass is 9.94. The van der Waals surface area contributed by atoms with Gasteiger partial charge in [-0.3, -0.25) is 9.59 Å². The van der Waals surface area contributed by atoms with E-state index in [0.29, 0.717) is 11.5 Å². The second kappa shape index (κ2) is 7.09. The number of carbonyl (C=O) groups is 1. The molecule has 1 fully saturated rings. The van der Waals surface area contributed by atoms with Gasteiger partial charge in [-0.15, -0.1) is 0 Å². The number of aromatic nitrogens is 1. The molecule has 122 valence electrons. The molecule has 1 atom stereocenters. The maximum absolute atomic E-state index is 12.7. The highest BCUT2D eigenvalue weighted by atomic mass is 16.2. The van der Waals surface area contributed by atoms with Crippen molar-refractivity contribution in [3.63, 3.8) is 0 Å². The summed E-state index contributed by atoms with van der Waals surface area (Å²) in [5.41, 5.74) is 0.987. The van der Waals surface area contributed by atoms with Crippen molar-refractivity contribution in [2.75, 3.05) is 33.7 Å². The minimum absolute atomic E-state index is 0.116. The quantitative estimate of drug-likeness (QED) is 0.847. The molecular weight excluding hydrogens is 278 g/mol. The fourth-order valence-electron chi connectivity index (χ4n) is 2.99. The van der Waals surface area contributed by atoms with Gasteiger partial charge < -0.3 is 14.4 Å². The van der Waals surface area contributed by atoms with Crippen molar-refractivity contribution >= 4 is 5.91 Å². The molecule has 5 nitrogen and oxygen atoms in total. The van der Waals surface area contributed by atoms with E-state index in [1.54, 1.807) is 12.3 Å². The molecule has 1 saturated heterocycles. The lowest BCUT2D eigenvalue weighted by molar-refractivity contribution is 0.0661. The molecule has 5 heteroatoms. The van der Waals surface area contributed by atoms with Crippen molar-refractivity contribution in [3.05, 3.63) is 33.7 Å². The zero-order valence-corrected chi connectivity index (χ0v) is 14.1. The Balaban J connectivity index is 2.09. The molecule has 1 aliphatic rings. The van der Waals surface area contributed by atoms with Crippen LogP contribution in [-0.4, -0.2) is 54.0 Å². The standard InChI is InChI=1S/C17H27N3O2/c1-13-10-16(21)15(12-19(13)4)17(22)20-8-5-6-14(11-20)7-9-18(2)3/h10,12,14H,5-9,11H2,1-4H3/t14-/m0/s1. The van der Waals surface area contributed by atoms with Gasteiger partial charge in [0, 0.05) is 38.1 Å². The van der Waals surface area contributed by atoms with Crippen molar-refractivity contribution in [3.8, 4) is 0 Å². The van der Waals surface area contributed by atoms with Crippen LogP contribution < -0.4 is 5.43 Å². The second-order valence-electron chi connectivity index (χ2n) is 6.66. The lowest BCUT2D eigenvalue weighted by Crippen LogP contribution is -2.42. The lowest BCUT2D eigenvalue weighted by Gasteiger charge is -2.33. The molecule has 2 heterocycles. The van der Waals surface area contributed by atoms with Gasteiger partial charge in [0.25, 0.3) is 5.91 Å². The zero-order chi connectivity index (χ0) is 16.3. The van der Waals surface area contributed by atoms with E-state index in [1.807, 2.05) is 23.4 Å². The van der Waals surface area contributed by atoms with Crippen LogP contribution in [0.25, 0.3) is 0 Å². The van der Waals surface area contributed by atoms with E-state index in [1.165, 1.54) is 6.42 Å². The molecule has 1 aromatic rings. The Hall–Kier alpha value is -1.62. The third kappa shape index (κ3) is 3.97. The average molecular weight is 305 g/mol. The van der Waals surface area contributed by atoms with Gasteiger partial charge in [-0.05, 0) is 52.7 Å². The van der Waals surface area contributed by atoms with E-state index >= 15 is 0 Å². The van der Waals surface area contributed by atoms with Gasteiger partial charge in [0.2, 0.25) is 0 Å². The van der Waals surface area contributed by atoms with E-state index in [2.05, 4.69) is 19.0 Å². The van der Waals surface area contributed by atoms with E-state index in [-0.39, 0.29) is 11.3 Å². The maximum Gasteiger partial charge on any atom is 0.259 e. The summed E-state index contributed by atoms with van der Waals surface area (Å²) in [4.78, 5) is 28.8. The van der Waals surface area contributed by atoms with Crippen molar-refractivity contribution in [2.45, 2.75) is 26.2 Å². The van der Waals surface area contributed by atoms with Crippen molar-refractivity contribution < 1.29 is 4.79 Å². The molecule has 0 spiro atoms. The van der Waals surface area contributed by atoms with Gasteiger partial charge in [0.05, 0.1) is 0 Å². The first-order valence-electron chi connectivity index (χ1n) is 7.99. The van der Waals surface area contributed by atoms with E-state index in [0.717, 1.165) is 38.2 Å². The Morgan fingerprint density at radius 2 is 2.14 bits per heavy atom. The van der Waals surface area contributed by atoms with Gasteiger partial charge in [0.15, 0.2) is 5.43 Å². The molecular formula is C17H27N3O2. The van der Waals surface area contributed by atoms with Crippen LogP contribution in [0.3, 0.4) is 0 Å². The second-order valence-corrected chi connectivity index (χ2v) is 6.66. The summed E-state index contributed by atoms with van der Waals surface area (Å²) < 4.78 is 1.84. The third-order valence-electron chi connectivity index (χ3n) is 4.51. The average Bonchev–Trinajstić information content (AvgIpc) is 2.48. The smallest absolute Gasteiger partial charge is 0.259 e. The third-order valence-corrected chi connectivity index (χ3v) is 4.51. The number of likely N-dealkylation sites (tertiary alicyclic amines) is 1. The fourth-order valence-corrected chi connectivity index (χ4v) is 2.99. The van der Waals surface area contributed by atoms with Gasteiger partial charge >= 0.3 is 0 Å². The minimum atomic E-state index is -0.170. The molecule has 1 aromatic heterocycles. The monoisotopic (exact) mass is 305 g/mol. The van der Waals surface area contributed by atoms with Crippen LogP contribution in [0.15, 0.2) is 17.1 Å². The van der Waals surface area contributed by atoms with E-state index in [9.17, 15) is 9.59 Å². The minimum Gasteiger partial charge on any atom is -0.354 e. The summed E-state index contributed by atoms with van der Waals surface area (Å²) in [6.07, 6.45) is 4.96. The van der Waals surface area contributed by atoms with Gasteiger partial charge in [-0.25, -0.2) is 0 Å². The van der Waals surface area contributed by atoms with Crippen LogP contribution in [0.5, 0.6) is 0 Å². The Morgan fingerprint density at radius 3 is 2.82 bits per heavy atom. The zero-order valence-electron chi connectivity index (χ0n) is 14.1. The van der Waals surface area contributed by atoms with Gasteiger partial charge in [-0.2, -0.15) is 0 Å². The van der Waals surface area contributed by atoms with Gasteiger partial charge in [0.1, 0.15) is 5.56 Å². The SMILES string of the molecule is Cc1cc(=O)c(C(=O)N2CCC[C@@H](CCN(C)C)C2)cn1C. The molecule has 0 aromatic carbocycles. The number of aryl methyl sites for hydroxylation is 2. The van der Waals surface area contributed by atoms with Crippen molar-refractivity contribution in [2.24, 2.45) is 13.0 Å². The Bertz CT molecular complexity index is 592. The van der Waals surface area contributed by atoms with Crippen LogP contribution >= 0.6 is 0 Å². The Kier molecular flexibility index (Phi) is 5.40. The molecule has 22 heavy (non-hydrogen) atoms. The summed E-state index contributed by atoms with van der Waals surface area (Å²) in [7, 11) is 6.01. The summed E-state index contributed by atoms with van der Waals surface area (Å²) >= 11 is 0. The van der Waals surface area contributed by atoms with Crippen molar-refractivity contribution in [1.29, 1.82) is 0 Å². The largest absolute Gasteiger partial charge is 0.354 e.